The molecule has 190 valence electrons. The number of carbonyl (C=O) groups is 1. The lowest BCUT2D eigenvalue weighted by Crippen LogP contribution is -2.52. The van der Waals surface area contributed by atoms with Gasteiger partial charge in [-0.3, -0.25) is 4.79 Å². The highest BCUT2D eigenvalue weighted by Gasteiger charge is 2.47. The molecule has 2 aliphatic heterocycles. The van der Waals surface area contributed by atoms with Gasteiger partial charge in [-0.25, -0.2) is 0 Å². The maximum atomic E-state index is 13.2. The Balaban J connectivity index is 1.90. The largest absolute Gasteiger partial charge is 0.457 e. The molecule has 2 bridgehead atoms. The summed E-state index contributed by atoms with van der Waals surface area (Å²) in [5.74, 6) is -2.48. The third-order valence-electron chi connectivity index (χ3n) is 7.59. The lowest BCUT2D eigenvalue weighted by atomic mass is 9.81. The van der Waals surface area contributed by atoms with Crippen LogP contribution in [0.25, 0.3) is 0 Å². The fourth-order valence-corrected chi connectivity index (χ4v) is 5.18. The maximum Gasteiger partial charge on any atom is 0.314 e. The molecule has 8 atom stereocenters. The minimum atomic E-state index is -1.55. The number of hydrogen-bond donors (Lipinski definition) is 1. The molecule has 0 aromatic heterocycles. The average molecular weight is 475 g/mol. The van der Waals surface area contributed by atoms with Gasteiger partial charge >= 0.3 is 5.97 Å². The first-order valence-electron chi connectivity index (χ1n) is 12.7. The third kappa shape index (κ3) is 6.48. The Kier molecular flexibility index (Phi) is 9.72. The minimum absolute atomic E-state index is 0.0326. The standard InChI is InChI=1S/C28H42O6/c1-19-15-16-25(32-5)24(31-4)14-10-9-13-23(22-11-7-6-8-12-22)33-27(29)21(3)28(30)18-17-20(2)26(19)34-28/h6-8,11-12,15-16,19-21,23-26,30H,9-10,13-14,17-18H2,1-5H3/b16-15+/t19-,20-,21+,23-,24?,25+,26+,28-/m0/s1. The fourth-order valence-electron chi connectivity index (χ4n) is 5.18. The van der Waals surface area contributed by atoms with Crippen LogP contribution in [-0.4, -0.2) is 49.4 Å². The van der Waals surface area contributed by atoms with Crippen molar-refractivity contribution in [2.75, 3.05) is 14.2 Å². The summed E-state index contributed by atoms with van der Waals surface area (Å²) in [5.41, 5.74) is 0.960. The Labute approximate surface area is 204 Å². The molecule has 1 unspecified atom stereocenters. The zero-order chi connectivity index (χ0) is 24.7. The molecule has 1 N–H and O–H groups in total. The van der Waals surface area contributed by atoms with Gasteiger partial charge < -0.3 is 24.1 Å². The van der Waals surface area contributed by atoms with Crippen molar-refractivity contribution in [2.24, 2.45) is 17.8 Å². The van der Waals surface area contributed by atoms with Gasteiger partial charge in [0.1, 0.15) is 18.1 Å². The second kappa shape index (κ2) is 12.3. The highest BCUT2D eigenvalue weighted by molar-refractivity contribution is 5.73. The van der Waals surface area contributed by atoms with Crippen molar-refractivity contribution >= 4 is 5.97 Å². The third-order valence-corrected chi connectivity index (χ3v) is 7.59. The number of rotatable bonds is 3. The van der Waals surface area contributed by atoms with Gasteiger partial charge in [-0.1, -0.05) is 62.8 Å². The smallest absolute Gasteiger partial charge is 0.314 e. The molecule has 2 heterocycles. The van der Waals surface area contributed by atoms with E-state index < -0.39 is 17.7 Å². The molecule has 0 spiro atoms. The van der Waals surface area contributed by atoms with E-state index in [2.05, 4.69) is 26.0 Å². The lowest BCUT2D eigenvalue weighted by molar-refractivity contribution is -0.295. The summed E-state index contributed by atoms with van der Waals surface area (Å²) in [6.45, 7) is 5.92. The van der Waals surface area contributed by atoms with Gasteiger partial charge in [0, 0.05) is 26.6 Å². The number of fused-ring (bicyclic) bond motifs is 2. The van der Waals surface area contributed by atoms with Crippen LogP contribution < -0.4 is 0 Å². The molecule has 3 rings (SSSR count). The van der Waals surface area contributed by atoms with Crippen LogP contribution in [0.5, 0.6) is 0 Å². The molecule has 34 heavy (non-hydrogen) atoms. The van der Waals surface area contributed by atoms with Gasteiger partial charge in [0.15, 0.2) is 5.79 Å². The fraction of sp³-hybridized carbons (Fsp3) is 0.679. The summed E-state index contributed by atoms with van der Waals surface area (Å²) < 4.78 is 23.8. The SMILES string of the molecule is COC1CCCC[C@@H](c2ccccc2)OC(=O)[C@@H](C)[C@]2(O)CC[C@H](C)[C@H](O2)[C@@H](C)/C=C/[C@H]1OC. The van der Waals surface area contributed by atoms with Gasteiger partial charge in [-0.15, -0.1) is 0 Å². The maximum absolute atomic E-state index is 13.2. The topological polar surface area (TPSA) is 74.2 Å². The van der Waals surface area contributed by atoms with Crippen molar-refractivity contribution < 1.29 is 28.8 Å². The number of cyclic esters (lactones) is 1. The van der Waals surface area contributed by atoms with Crippen molar-refractivity contribution in [3.05, 3.63) is 48.0 Å². The van der Waals surface area contributed by atoms with E-state index in [1.807, 2.05) is 30.3 Å². The normalized spacial score (nSPS) is 39.2. The van der Waals surface area contributed by atoms with Gasteiger partial charge in [0.25, 0.3) is 0 Å². The Morgan fingerprint density at radius 2 is 1.68 bits per heavy atom. The van der Waals surface area contributed by atoms with E-state index in [4.69, 9.17) is 18.9 Å². The van der Waals surface area contributed by atoms with Crippen LogP contribution in [0.3, 0.4) is 0 Å². The summed E-state index contributed by atoms with van der Waals surface area (Å²) in [5, 5.41) is 11.4. The molecule has 0 saturated carbocycles. The Hall–Kier alpha value is -1.73. The number of aliphatic hydroxyl groups is 1. The van der Waals surface area contributed by atoms with E-state index in [0.717, 1.165) is 31.2 Å². The highest BCUT2D eigenvalue weighted by Crippen LogP contribution is 2.40. The second-order valence-corrected chi connectivity index (χ2v) is 10.0. The Bertz CT molecular complexity index is 795. The average Bonchev–Trinajstić information content (AvgIpc) is 2.85. The number of ether oxygens (including phenoxy) is 4. The van der Waals surface area contributed by atoms with Gasteiger partial charge in [-0.2, -0.15) is 0 Å². The number of methoxy groups -OCH3 is 2. The molecule has 2 aliphatic rings. The minimum Gasteiger partial charge on any atom is -0.457 e. The zero-order valence-electron chi connectivity index (χ0n) is 21.3. The Morgan fingerprint density at radius 3 is 2.35 bits per heavy atom. The van der Waals surface area contributed by atoms with Gasteiger partial charge in [-0.05, 0) is 44.1 Å². The molecule has 0 amide bonds. The van der Waals surface area contributed by atoms with Crippen molar-refractivity contribution in [1.82, 2.24) is 0 Å². The first kappa shape index (κ1) is 26.9. The van der Waals surface area contributed by atoms with Gasteiger partial charge in [0.2, 0.25) is 0 Å². The molecule has 1 fully saturated rings. The molecular formula is C28H42O6. The summed E-state index contributed by atoms with van der Waals surface area (Å²) in [6.07, 6.45) is 7.83. The van der Waals surface area contributed by atoms with Crippen molar-refractivity contribution in [3.8, 4) is 0 Å². The van der Waals surface area contributed by atoms with Crippen LogP contribution in [0.15, 0.2) is 42.5 Å². The highest BCUT2D eigenvalue weighted by atomic mass is 16.6. The quantitative estimate of drug-likeness (QED) is 0.479. The predicted octanol–water partition coefficient (Wildman–Crippen LogP) is 5.21. The van der Waals surface area contributed by atoms with Crippen molar-refractivity contribution in [2.45, 2.75) is 89.5 Å². The van der Waals surface area contributed by atoms with Crippen LogP contribution >= 0.6 is 0 Å². The van der Waals surface area contributed by atoms with E-state index in [0.29, 0.717) is 12.8 Å². The summed E-state index contributed by atoms with van der Waals surface area (Å²) >= 11 is 0. The van der Waals surface area contributed by atoms with Crippen molar-refractivity contribution in [3.63, 3.8) is 0 Å². The lowest BCUT2D eigenvalue weighted by Gasteiger charge is -2.45. The Morgan fingerprint density at radius 1 is 0.971 bits per heavy atom. The summed E-state index contributed by atoms with van der Waals surface area (Å²) in [4.78, 5) is 13.2. The molecule has 0 radical (unpaired) electrons. The van der Waals surface area contributed by atoms with E-state index in [-0.39, 0.29) is 36.3 Å². The van der Waals surface area contributed by atoms with E-state index in [9.17, 15) is 9.90 Å². The molecule has 1 aromatic rings. The van der Waals surface area contributed by atoms with E-state index in [1.165, 1.54) is 0 Å². The number of carbonyl (C=O) groups excluding carboxylic acids is 1. The molecule has 6 nitrogen and oxygen atoms in total. The number of esters is 1. The zero-order valence-corrected chi connectivity index (χ0v) is 21.3. The molecule has 0 aliphatic carbocycles. The van der Waals surface area contributed by atoms with Crippen LogP contribution in [0.2, 0.25) is 0 Å². The first-order chi connectivity index (χ1) is 16.3. The first-order valence-corrected chi connectivity index (χ1v) is 12.7. The van der Waals surface area contributed by atoms with E-state index >= 15 is 0 Å². The predicted molar refractivity (Wildman–Crippen MR) is 131 cm³/mol. The van der Waals surface area contributed by atoms with Crippen molar-refractivity contribution in [1.29, 1.82) is 0 Å². The number of hydrogen-bond acceptors (Lipinski definition) is 6. The van der Waals surface area contributed by atoms with Crippen LogP contribution in [-0.2, 0) is 23.7 Å². The van der Waals surface area contributed by atoms with Crippen LogP contribution in [0, 0.1) is 17.8 Å². The summed E-state index contributed by atoms with van der Waals surface area (Å²) in [7, 11) is 3.42. The molecule has 6 heteroatoms. The molecule has 1 aromatic carbocycles. The van der Waals surface area contributed by atoms with Gasteiger partial charge in [0.05, 0.1) is 12.2 Å². The van der Waals surface area contributed by atoms with Crippen LogP contribution in [0.1, 0.15) is 71.0 Å². The molecule has 1 saturated heterocycles. The van der Waals surface area contributed by atoms with E-state index in [1.54, 1.807) is 21.1 Å². The number of benzene rings is 1. The second-order valence-electron chi connectivity index (χ2n) is 10.0. The van der Waals surface area contributed by atoms with Crippen LogP contribution in [0.4, 0.5) is 0 Å². The molecular weight excluding hydrogens is 432 g/mol. The monoisotopic (exact) mass is 474 g/mol. The summed E-state index contributed by atoms with van der Waals surface area (Å²) in [6, 6.07) is 9.82.